The number of nitrogens with one attached hydrogen (secondary N) is 2. The number of nitrogens with zero attached hydrogens (tertiary/aromatic N) is 5. The van der Waals surface area contributed by atoms with Gasteiger partial charge in [0.15, 0.2) is 10.6 Å². The zero-order chi connectivity index (χ0) is 20.4. The molecule has 0 aliphatic carbocycles. The zero-order valence-electron chi connectivity index (χ0n) is 15.1. The highest BCUT2D eigenvalue weighted by Crippen LogP contribution is 2.14. The summed E-state index contributed by atoms with van der Waals surface area (Å²) in [5.41, 5.74) is 1.16. The number of allylic oxidation sites excluding steroid dienone is 1. The number of pyridine rings is 1. The highest BCUT2D eigenvalue weighted by atomic mass is 32.1. The lowest BCUT2D eigenvalue weighted by atomic mass is 10.1. The second-order valence-electron chi connectivity index (χ2n) is 6.09. The Labute approximate surface area is 169 Å². The first-order chi connectivity index (χ1) is 14.1. The van der Waals surface area contributed by atoms with Gasteiger partial charge in [0, 0.05) is 12.1 Å². The summed E-state index contributed by atoms with van der Waals surface area (Å²) in [6.07, 6.45) is 6.06. The van der Waals surface area contributed by atoms with Gasteiger partial charge < -0.3 is 10.3 Å². The van der Waals surface area contributed by atoms with Gasteiger partial charge in [-0.05, 0) is 42.5 Å². The largest absolute Gasteiger partial charge is 0.332 e. The van der Waals surface area contributed by atoms with E-state index in [1.807, 2.05) is 0 Å². The van der Waals surface area contributed by atoms with Crippen LogP contribution in [0, 0.1) is 4.77 Å². The van der Waals surface area contributed by atoms with Gasteiger partial charge in [0.25, 0.3) is 11.5 Å². The molecule has 0 aliphatic rings. The fourth-order valence-corrected chi connectivity index (χ4v) is 3.08. The molecule has 1 amide bonds. The molecule has 0 aliphatic heterocycles. The van der Waals surface area contributed by atoms with Gasteiger partial charge in [-0.2, -0.15) is 5.10 Å². The van der Waals surface area contributed by atoms with Crippen molar-refractivity contribution in [2.24, 2.45) is 0 Å². The summed E-state index contributed by atoms with van der Waals surface area (Å²) in [6, 6.07) is 8.21. The number of carbonyl (C=O) groups excluding carboxylic acids is 1. The molecular formula is C19H15N7O2S. The van der Waals surface area contributed by atoms with Crippen molar-refractivity contribution in [3.8, 4) is 5.82 Å². The molecule has 1 aromatic carbocycles. The van der Waals surface area contributed by atoms with E-state index in [-0.39, 0.29) is 16.2 Å². The standard InChI is InChI=1S/C19H15N7O2S/c1-2-7-25-18(28)14-5-3-12(8-15(14)24-19(25)29)17(27)23-13-4-6-16(21-9-13)26-11-20-10-22-26/h2-6,8-11H,1,7H2,(H,23,27)(H,24,29). The molecule has 3 heterocycles. The molecule has 0 unspecified atom stereocenters. The predicted molar refractivity (Wildman–Crippen MR) is 111 cm³/mol. The highest BCUT2D eigenvalue weighted by molar-refractivity contribution is 7.71. The molecule has 144 valence electrons. The van der Waals surface area contributed by atoms with Crippen LogP contribution in [0.4, 0.5) is 5.69 Å². The molecule has 0 saturated carbocycles. The fourth-order valence-electron chi connectivity index (χ4n) is 2.82. The molecule has 9 nitrogen and oxygen atoms in total. The van der Waals surface area contributed by atoms with Gasteiger partial charge >= 0.3 is 0 Å². The summed E-state index contributed by atoms with van der Waals surface area (Å²) in [7, 11) is 0. The van der Waals surface area contributed by atoms with Crippen LogP contribution in [0.15, 0.2) is 66.6 Å². The lowest BCUT2D eigenvalue weighted by Gasteiger charge is -2.08. The van der Waals surface area contributed by atoms with Crippen LogP contribution in [0.5, 0.6) is 0 Å². The molecule has 4 rings (SSSR count). The smallest absolute Gasteiger partial charge is 0.262 e. The van der Waals surface area contributed by atoms with E-state index in [0.717, 1.165) is 0 Å². The fraction of sp³-hybridized carbons (Fsp3) is 0.0526. The van der Waals surface area contributed by atoms with Crippen molar-refractivity contribution in [2.75, 3.05) is 5.32 Å². The van der Waals surface area contributed by atoms with Crippen LogP contribution >= 0.6 is 12.2 Å². The number of benzene rings is 1. The quantitative estimate of drug-likeness (QED) is 0.390. The highest BCUT2D eigenvalue weighted by Gasteiger charge is 2.11. The van der Waals surface area contributed by atoms with E-state index in [4.69, 9.17) is 12.2 Å². The minimum Gasteiger partial charge on any atom is -0.332 e. The maximum Gasteiger partial charge on any atom is 0.262 e. The van der Waals surface area contributed by atoms with E-state index in [1.54, 1.807) is 36.4 Å². The maximum absolute atomic E-state index is 12.6. The molecule has 0 fully saturated rings. The van der Waals surface area contributed by atoms with Crippen molar-refractivity contribution in [1.29, 1.82) is 0 Å². The third-order valence-electron chi connectivity index (χ3n) is 4.21. The van der Waals surface area contributed by atoms with E-state index in [0.29, 0.717) is 34.5 Å². The van der Waals surface area contributed by atoms with Crippen molar-refractivity contribution in [1.82, 2.24) is 29.3 Å². The number of anilines is 1. The number of hydrogen-bond acceptors (Lipinski definition) is 6. The number of amides is 1. The van der Waals surface area contributed by atoms with Crippen LogP contribution < -0.4 is 10.9 Å². The van der Waals surface area contributed by atoms with Crippen molar-refractivity contribution >= 4 is 34.7 Å². The molecule has 3 aromatic heterocycles. The third-order valence-corrected chi connectivity index (χ3v) is 4.54. The molecule has 10 heteroatoms. The first kappa shape index (κ1) is 18.4. The topological polar surface area (TPSA) is 110 Å². The summed E-state index contributed by atoms with van der Waals surface area (Å²) >= 11 is 5.23. The minimum absolute atomic E-state index is 0.233. The van der Waals surface area contributed by atoms with Gasteiger partial charge in [-0.1, -0.05) is 6.08 Å². The van der Waals surface area contributed by atoms with Gasteiger partial charge in [0.2, 0.25) is 0 Å². The lowest BCUT2D eigenvalue weighted by Crippen LogP contribution is -2.22. The number of aromatic nitrogens is 6. The molecule has 0 atom stereocenters. The van der Waals surface area contributed by atoms with Crippen LogP contribution in [-0.4, -0.2) is 35.2 Å². The summed E-state index contributed by atoms with van der Waals surface area (Å²) in [5, 5.41) is 7.21. The van der Waals surface area contributed by atoms with Crippen LogP contribution in [0.25, 0.3) is 16.7 Å². The third kappa shape index (κ3) is 3.60. The van der Waals surface area contributed by atoms with Crippen molar-refractivity contribution in [3.63, 3.8) is 0 Å². The second kappa shape index (κ2) is 7.60. The lowest BCUT2D eigenvalue weighted by molar-refractivity contribution is 0.102. The second-order valence-corrected chi connectivity index (χ2v) is 6.48. The van der Waals surface area contributed by atoms with Crippen LogP contribution in [0.2, 0.25) is 0 Å². The normalized spacial score (nSPS) is 10.8. The summed E-state index contributed by atoms with van der Waals surface area (Å²) in [4.78, 5) is 36.3. The molecule has 0 spiro atoms. The van der Waals surface area contributed by atoms with Crippen LogP contribution in [-0.2, 0) is 6.54 Å². The maximum atomic E-state index is 12.6. The Morgan fingerprint density at radius 3 is 2.86 bits per heavy atom. The zero-order valence-corrected chi connectivity index (χ0v) is 15.9. The summed E-state index contributed by atoms with van der Waals surface area (Å²) in [5.74, 6) is 0.242. The van der Waals surface area contributed by atoms with E-state index < -0.39 is 0 Å². The van der Waals surface area contributed by atoms with E-state index in [2.05, 4.69) is 31.9 Å². The van der Waals surface area contributed by atoms with E-state index >= 15 is 0 Å². The summed E-state index contributed by atoms with van der Waals surface area (Å²) in [6.45, 7) is 3.94. The van der Waals surface area contributed by atoms with E-state index in [1.165, 1.54) is 28.1 Å². The van der Waals surface area contributed by atoms with Crippen LogP contribution in [0.1, 0.15) is 10.4 Å². The van der Waals surface area contributed by atoms with E-state index in [9.17, 15) is 9.59 Å². The van der Waals surface area contributed by atoms with Crippen molar-refractivity contribution < 1.29 is 4.79 Å². The minimum atomic E-state index is -0.336. The molecule has 0 radical (unpaired) electrons. The first-order valence-corrected chi connectivity index (χ1v) is 8.98. The number of fused-ring (bicyclic) bond motifs is 1. The van der Waals surface area contributed by atoms with Gasteiger partial charge in [0.1, 0.15) is 12.7 Å². The van der Waals surface area contributed by atoms with Gasteiger partial charge in [-0.25, -0.2) is 14.6 Å². The Morgan fingerprint density at radius 2 is 2.17 bits per heavy atom. The van der Waals surface area contributed by atoms with Gasteiger partial charge in [-0.3, -0.25) is 14.2 Å². The number of aromatic amines is 1. The Morgan fingerprint density at radius 1 is 1.31 bits per heavy atom. The number of hydrogen-bond donors (Lipinski definition) is 2. The molecule has 29 heavy (non-hydrogen) atoms. The molecule has 0 bridgehead atoms. The van der Waals surface area contributed by atoms with Gasteiger partial charge in [0.05, 0.1) is 22.8 Å². The molecule has 0 saturated heterocycles. The number of rotatable bonds is 5. The summed E-state index contributed by atoms with van der Waals surface area (Å²) < 4.78 is 3.19. The molecule has 4 aromatic rings. The average molecular weight is 405 g/mol. The SMILES string of the molecule is C=CCn1c(=S)[nH]c2cc(C(=O)Nc3ccc(-n4cncn4)nc3)ccc2c1=O. The average Bonchev–Trinajstić information content (AvgIpc) is 3.26. The van der Waals surface area contributed by atoms with Crippen LogP contribution in [0.3, 0.4) is 0 Å². The Kier molecular flexibility index (Phi) is 4.83. The predicted octanol–water partition coefficient (Wildman–Crippen LogP) is 2.47. The van der Waals surface area contributed by atoms with Crippen molar-refractivity contribution in [2.45, 2.75) is 6.54 Å². The molecule has 2 N–H and O–H groups in total. The van der Waals surface area contributed by atoms with Gasteiger partial charge in [-0.15, -0.1) is 6.58 Å². The first-order valence-electron chi connectivity index (χ1n) is 8.57. The monoisotopic (exact) mass is 405 g/mol. The number of H-pyrrole nitrogens is 1. The Hall–Kier alpha value is -3.92. The van der Waals surface area contributed by atoms with Crippen molar-refractivity contribution in [3.05, 3.63) is 82.5 Å². The number of carbonyl (C=O) groups is 1. The molecular weight excluding hydrogens is 390 g/mol. The Bertz CT molecular complexity index is 1320. The Balaban J connectivity index is 1.60.